The van der Waals surface area contributed by atoms with Gasteiger partial charge in [-0.05, 0) is 60.3 Å². The number of carbonyl (C=O) groups excluding carboxylic acids is 1. The quantitative estimate of drug-likeness (QED) is 0.195. The Kier molecular flexibility index (Phi) is 11.0. The van der Waals surface area contributed by atoms with E-state index in [0.29, 0.717) is 31.7 Å². The summed E-state index contributed by atoms with van der Waals surface area (Å²) in [6.07, 6.45) is 3.80. The van der Waals surface area contributed by atoms with Crippen LogP contribution >= 0.6 is 0 Å². The van der Waals surface area contributed by atoms with Crippen LogP contribution in [0.15, 0.2) is 73.1 Å². The number of hydrogen-bond acceptors (Lipinski definition) is 7. The maximum atomic E-state index is 13.4. The molecule has 0 aliphatic heterocycles. The zero-order valence-electron chi connectivity index (χ0n) is 23.0. The molecule has 0 aliphatic rings. The lowest BCUT2D eigenvalue weighted by atomic mass is 10.0. The summed E-state index contributed by atoms with van der Waals surface area (Å²) in [7, 11) is 0. The van der Waals surface area contributed by atoms with Gasteiger partial charge in [-0.3, -0.25) is 4.79 Å². The molecular formula is C32H37FN4O3. The Hall–Kier alpha value is -3.88. The van der Waals surface area contributed by atoms with Gasteiger partial charge in [0.1, 0.15) is 29.5 Å². The molecule has 0 atom stereocenters. The molecule has 210 valence electrons. The third-order valence-electron chi connectivity index (χ3n) is 6.78. The van der Waals surface area contributed by atoms with Gasteiger partial charge in [-0.2, -0.15) is 0 Å². The van der Waals surface area contributed by atoms with Gasteiger partial charge >= 0.3 is 0 Å². The molecule has 0 bridgehead atoms. The summed E-state index contributed by atoms with van der Waals surface area (Å²) in [4.78, 5) is 23.4. The summed E-state index contributed by atoms with van der Waals surface area (Å²) in [6, 6.07) is 20.1. The van der Waals surface area contributed by atoms with Crippen molar-refractivity contribution in [1.82, 2.24) is 14.9 Å². The molecule has 0 unspecified atom stereocenters. The van der Waals surface area contributed by atoms with Gasteiger partial charge in [0.15, 0.2) is 0 Å². The lowest BCUT2D eigenvalue weighted by Gasteiger charge is -2.18. The number of rotatable bonds is 16. The number of aliphatic hydroxyl groups excluding tert-OH is 1. The number of nitrogens with zero attached hydrogens (tertiary/aromatic N) is 3. The molecule has 4 rings (SSSR count). The number of nitrogens with one attached hydrogen (secondary N) is 1. The highest BCUT2D eigenvalue weighted by atomic mass is 19.1. The summed E-state index contributed by atoms with van der Waals surface area (Å²) in [5.74, 6) is 1.29. The molecule has 0 saturated heterocycles. The van der Waals surface area contributed by atoms with Crippen molar-refractivity contribution in [3.8, 4) is 5.75 Å². The number of halogens is 1. The van der Waals surface area contributed by atoms with Crippen LogP contribution in [0.4, 0.5) is 10.2 Å². The summed E-state index contributed by atoms with van der Waals surface area (Å²) >= 11 is 0. The first-order valence-electron chi connectivity index (χ1n) is 13.8. The average molecular weight is 545 g/mol. The minimum absolute atomic E-state index is 0.0606. The Labute approximate surface area is 235 Å². The van der Waals surface area contributed by atoms with Crippen LogP contribution in [0.1, 0.15) is 30.0 Å². The van der Waals surface area contributed by atoms with Crippen molar-refractivity contribution >= 4 is 22.5 Å². The van der Waals surface area contributed by atoms with Crippen LogP contribution in [0.25, 0.3) is 10.9 Å². The topological polar surface area (TPSA) is 87.6 Å². The maximum Gasteiger partial charge on any atom is 0.141 e. The number of carbonyl (C=O) groups is 1. The van der Waals surface area contributed by atoms with Crippen molar-refractivity contribution in [3.63, 3.8) is 0 Å². The second-order valence-electron chi connectivity index (χ2n) is 9.78. The van der Waals surface area contributed by atoms with E-state index in [4.69, 9.17) is 9.84 Å². The maximum absolute atomic E-state index is 13.4. The zero-order chi connectivity index (χ0) is 28.2. The highest BCUT2D eigenvalue weighted by Crippen LogP contribution is 2.24. The molecule has 1 aromatic heterocycles. The number of Topliss-reactive ketones (excluding diaryl/α,β-unsaturated/α-hetero) is 1. The van der Waals surface area contributed by atoms with E-state index in [1.165, 1.54) is 12.1 Å². The number of benzene rings is 3. The normalized spacial score (nSPS) is 11.2. The first kappa shape index (κ1) is 29.1. The smallest absolute Gasteiger partial charge is 0.141 e. The number of aromatic nitrogens is 2. The van der Waals surface area contributed by atoms with Gasteiger partial charge < -0.3 is 20.1 Å². The molecular weight excluding hydrogens is 507 g/mol. The Bertz CT molecular complexity index is 1380. The van der Waals surface area contributed by atoms with E-state index in [1.54, 1.807) is 18.5 Å². The summed E-state index contributed by atoms with van der Waals surface area (Å²) in [5.41, 5.74) is 3.62. The molecule has 0 amide bonds. The SMILES string of the molecule is CCN(CCO)CCCOc1ccc2c(NCCc3ccc(CC(=O)Cc4cccc(F)c4)cc3)ncnc2c1. The number of ether oxygens (including phenoxy) is 1. The zero-order valence-corrected chi connectivity index (χ0v) is 23.0. The monoisotopic (exact) mass is 544 g/mol. The van der Waals surface area contributed by atoms with Crippen LogP contribution in [-0.2, 0) is 24.1 Å². The van der Waals surface area contributed by atoms with Gasteiger partial charge in [-0.1, -0.05) is 43.3 Å². The molecule has 40 heavy (non-hydrogen) atoms. The molecule has 0 fully saturated rings. The van der Waals surface area contributed by atoms with Crippen molar-refractivity contribution in [2.75, 3.05) is 44.7 Å². The molecule has 0 aliphatic carbocycles. The van der Waals surface area contributed by atoms with Crippen molar-refractivity contribution in [2.45, 2.75) is 32.6 Å². The van der Waals surface area contributed by atoms with E-state index in [2.05, 4.69) is 27.1 Å². The highest BCUT2D eigenvalue weighted by molar-refractivity contribution is 5.89. The van der Waals surface area contributed by atoms with Gasteiger partial charge in [0, 0.05) is 43.9 Å². The number of aliphatic hydroxyl groups is 1. The van der Waals surface area contributed by atoms with Crippen molar-refractivity contribution in [3.05, 3.63) is 95.6 Å². The number of likely N-dealkylation sites (N-methyl/N-ethyl adjacent to an activating group) is 1. The van der Waals surface area contributed by atoms with E-state index in [9.17, 15) is 9.18 Å². The minimum Gasteiger partial charge on any atom is -0.493 e. The van der Waals surface area contributed by atoms with E-state index in [-0.39, 0.29) is 24.6 Å². The van der Waals surface area contributed by atoms with E-state index >= 15 is 0 Å². The molecule has 1 heterocycles. The molecule has 7 nitrogen and oxygen atoms in total. The fraction of sp³-hybridized carbons (Fsp3) is 0.344. The largest absolute Gasteiger partial charge is 0.493 e. The molecule has 3 aromatic carbocycles. The Morgan fingerprint density at radius 3 is 2.55 bits per heavy atom. The van der Waals surface area contributed by atoms with Gasteiger partial charge in [-0.15, -0.1) is 0 Å². The second-order valence-corrected chi connectivity index (χ2v) is 9.78. The lowest BCUT2D eigenvalue weighted by molar-refractivity contribution is -0.117. The van der Waals surface area contributed by atoms with Crippen LogP contribution < -0.4 is 10.1 Å². The minimum atomic E-state index is -0.321. The van der Waals surface area contributed by atoms with Gasteiger partial charge in [0.25, 0.3) is 0 Å². The fourth-order valence-electron chi connectivity index (χ4n) is 4.63. The predicted molar refractivity (Wildman–Crippen MR) is 156 cm³/mol. The lowest BCUT2D eigenvalue weighted by Crippen LogP contribution is -2.28. The van der Waals surface area contributed by atoms with Crippen LogP contribution in [0.3, 0.4) is 0 Å². The molecule has 0 saturated carbocycles. The van der Waals surface area contributed by atoms with Gasteiger partial charge in [0.2, 0.25) is 0 Å². The predicted octanol–water partition coefficient (Wildman–Crippen LogP) is 4.86. The van der Waals surface area contributed by atoms with Crippen molar-refractivity contribution < 1.29 is 19.0 Å². The number of anilines is 1. The summed E-state index contributed by atoms with van der Waals surface area (Å²) in [5, 5.41) is 13.5. The van der Waals surface area contributed by atoms with Crippen LogP contribution in [0.2, 0.25) is 0 Å². The molecule has 0 spiro atoms. The standard InChI is InChI=1S/C32H37FN4O3/c1-2-37(16-17-38)15-4-18-40-29-11-12-30-31(22-29)35-23-36-32(30)34-14-13-24-7-9-25(10-8-24)20-28(39)21-26-5-3-6-27(33)19-26/h3,5-12,19,22-23,38H,2,4,13-18,20-21H2,1H3,(H,34,35,36). The number of hydrogen-bond donors (Lipinski definition) is 2. The van der Waals surface area contributed by atoms with Gasteiger partial charge in [0.05, 0.1) is 18.7 Å². The first-order valence-corrected chi connectivity index (χ1v) is 13.8. The molecule has 8 heteroatoms. The van der Waals surface area contributed by atoms with Crippen LogP contribution in [0.5, 0.6) is 5.75 Å². The van der Waals surface area contributed by atoms with E-state index in [1.807, 2.05) is 42.5 Å². The average Bonchev–Trinajstić information content (AvgIpc) is 2.95. The number of ketones is 1. The molecule has 0 radical (unpaired) electrons. The second kappa shape index (κ2) is 15.1. The Morgan fingerprint density at radius 1 is 0.975 bits per heavy atom. The Balaban J connectivity index is 1.24. The highest BCUT2D eigenvalue weighted by Gasteiger charge is 2.08. The van der Waals surface area contributed by atoms with Gasteiger partial charge in [-0.25, -0.2) is 14.4 Å². The Morgan fingerprint density at radius 2 is 1.77 bits per heavy atom. The van der Waals surface area contributed by atoms with Crippen molar-refractivity contribution in [2.24, 2.45) is 0 Å². The molecule has 2 N–H and O–H groups in total. The number of fused-ring (bicyclic) bond motifs is 1. The first-order chi connectivity index (χ1) is 19.5. The van der Waals surface area contributed by atoms with Crippen LogP contribution in [-0.4, -0.2) is 65.2 Å². The summed E-state index contributed by atoms with van der Waals surface area (Å²) in [6.45, 7) is 6.04. The van der Waals surface area contributed by atoms with E-state index < -0.39 is 0 Å². The third-order valence-corrected chi connectivity index (χ3v) is 6.78. The van der Waals surface area contributed by atoms with Crippen molar-refractivity contribution in [1.29, 1.82) is 0 Å². The van der Waals surface area contributed by atoms with E-state index in [0.717, 1.165) is 59.5 Å². The fourth-order valence-corrected chi connectivity index (χ4v) is 4.63. The third kappa shape index (κ3) is 8.83. The summed E-state index contributed by atoms with van der Waals surface area (Å²) < 4.78 is 19.3. The molecule has 4 aromatic rings. The van der Waals surface area contributed by atoms with Crippen LogP contribution in [0, 0.1) is 5.82 Å².